The fourth-order valence-corrected chi connectivity index (χ4v) is 1.07. The molecule has 0 aliphatic carbocycles. The Labute approximate surface area is 78.8 Å². The van der Waals surface area contributed by atoms with Crippen molar-refractivity contribution in [3.8, 4) is 0 Å². The lowest BCUT2D eigenvalue weighted by Gasteiger charge is -2.20. The number of hydrogen-bond donors (Lipinski definition) is 1. The number of aliphatic hydroxyl groups excluding tert-OH is 1. The highest BCUT2D eigenvalue weighted by Gasteiger charge is 2.38. The fourth-order valence-electron chi connectivity index (χ4n) is 1.07. The van der Waals surface area contributed by atoms with Gasteiger partial charge >= 0.3 is 0 Å². The second kappa shape index (κ2) is 3.45. The summed E-state index contributed by atoms with van der Waals surface area (Å²) in [6.07, 6.45) is 0.996. The molecule has 0 saturated carbocycles. The van der Waals surface area contributed by atoms with Crippen LogP contribution in [-0.4, -0.2) is 40.9 Å². The van der Waals surface area contributed by atoms with Gasteiger partial charge in [0, 0.05) is 11.6 Å². The van der Waals surface area contributed by atoms with Gasteiger partial charge in [-0.2, -0.15) is 0 Å². The zero-order valence-corrected chi connectivity index (χ0v) is 7.46. The van der Waals surface area contributed by atoms with Crippen LogP contribution in [0, 0.1) is 0 Å². The third kappa shape index (κ3) is 1.95. The smallest absolute Gasteiger partial charge is 0.288 e. The summed E-state index contributed by atoms with van der Waals surface area (Å²) in [5.41, 5.74) is 0.128. The monoisotopic (exact) mass is 205 g/mol. The van der Waals surface area contributed by atoms with Crippen LogP contribution in [0.1, 0.15) is 6.92 Å². The Balaban J connectivity index is 2.74. The number of rotatable bonds is 3. The zero-order valence-electron chi connectivity index (χ0n) is 7.46. The normalized spacial score (nSPS) is 17.7. The van der Waals surface area contributed by atoms with E-state index in [1.165, 1.54) is 6.92 Å². The van der Waals surface area contributed by atoms with Crippen molar-refractivity contribution < 1.29 is 23.5 Å². The van der Waals surface area contributed by atoms with Crippen molar-refractivity contribution in [3.05, 3.63) is 11.6 Å². The maximum Gasteiger partial charge on any atom is 0.288 e. The van der Waals surface area contributed by atoms with Gasteiger partial charge in [0.25, 0.3) is 17.7 Å². The minimum Gasteiger partial charge on any atom is -0.390 e. The molecule has 1 heterocycles. The summed E-state index contributed by atoms with van der Waals surface area (Å²) in [6.45, 7) is -1.09. The number of carbonyl (C=O) groups excluding carboxylic acids is 2. The number of carbonyl (C=O) groups is 2. The molecular formula is C8H9F2NO3. The third-order valence-corrected chi connectivity index (χ3v) is 1.81. The van der Waals surface area contributed by atoms with E-state index in [9.17, 15) is 18.4 Å². The maximum atomic E-state index is 12.7. The highest BCUT2D eigenvalue weighted by Crippen LogP contribution is 2.19. The van der Waals surface area contributed by atoms with Gasteiger partial charge in [0.2, 0.25) is 0 Å². The van der Waals surface area contributed by atoms with E-state index in [1.807, 2.05) is 0 Å². The summed E-state index contributed by atoms with van der Waals surface area (Å²) in [4.78, 5) is 22.6. The molecule has 0 radical (unpaired) electrons. The minimum atomic E-state index is -3.44. The molecule has 0 aromatic rings. The van der Waals surface area contributed by atoms with Gasteiger partial charge in [-0.1, -0.05) is 0 Å². The number of alkyl halides is 2. The van der Waals surface area contributed by atoms with Crippen LogP contribution < -0.4 is 0 Å². The van der Waals surface area contributed by atoms with Crippen LogP contribution in [0.2, 0.25) is 0 Å². The molecular weight excluding hydrogens is 196 g/mol. The van der Waals surface area contributed by atoms with E-state index in [2.05, 4.69) is 0 Å². The lowest BCUT2D eigenvalue weighted by Crippen LogP contribution is -2.42. The third-order valence-electron chi connectivity index (χ3n) is 1.81. The van der Waals surface area contributed by atoms with Crippen LogP contribution in [0.25, 0.3) is 0 Å². The van der Waals surface area contributed by atoms with Crippen LogP contribution in [0.15, 0.2) is 11.6 Å². The van der Waals surface area contributed by atoms with E-state index in [0.29, 0.717) is 4.90 Å². The molecule has 78 valence electrons. The predicted molar refractivity (Wildman–Crippen MR) is 42.5 cm³/mol. The molecule has 1 aliphatic rings. The maximum absolute atomic E-state index is 12.7. The van der Waals surface area contributed by atoms with E-state index in [4.69, 9.17) is 5.11 Å². The molecule has 0 fully saturated rings. The lowest BCUT2D eigenvalue weighted by atomic mass is 10.3. The highest BCUT2D eigenvalue weighted by atomic mass is 19.3. The Morgan fingerprint density at radius 3 is 2.43 bits per heavy atom. The van der Waals surface area contributed by atoms with E-state index in [-0.39, 0.29) is 5.57 Å². The van der Waals surface area contributed by atoms with Crippen LogP contribution in [0.4, 0.5) is 8.78 Å². The van der Waals surface area contributed by atoms with Crippen molar-refractivity contribution in [2.45, 2.75) is 12.8 Å². The first kappa shape index (κ1) is 10.8. The summed E-state index contributed by atoms with van der Waals surface area (Å²) < 4.78 is 25.3. The first-order valence-electron chi connectivity index (χ1n) is 3.90. The average molecular weight is 205 g/mol. The van der Waals surface area contributed by atoms with Crippen molar-refractivity contribution in [3.63, 3.8) is 0 Å². The summed E-state index contributed by atoms with van der Waals surface area (Å²) >= 11 is 0. The van der Waals surface area contributed by atoms with Crippen molar-refractivity contribution in [2.75, 3.05) is 13.2 Å². The molecule has 1 rings (SSSR count). The van der Waals surface area contributed by atoms with Gasteiger partial charge < -0.3 is 5.11 Å². The van der Waals surface area contributed by atoms with Crippen LogP contribution in [-0.2, 0) is 9.59 Å². The van der Waals surface area contributed by atoms with Gasteiger partial charge in [-0.25, -0.2) is 8.78 Å². The molecule has 0 bridgehead atoms. The van der Waals surface area contributed by atoms with Crippen molar-refractivity contribution in [1.82, 2.24) is 4.90 Å². The molecule has 6 heteroatoms. The lowest BCUT2D eigenvalue weighted by molar-refractivity contribution is -0.145. The molecule has 1 aliphatic heterocycles. The molecule has 0 aromatic heterocycles. The summed E-state index contributed by atoms with van der Waals surface area (Å²) in [5.74, 6) is -4.94. The Morgan fingerprint density at radius 2 is 2.07 bits per heavy atom. The summed E-state index contributed by atoms with van der Waals surface area (Å²) in [7, 11) is 0. The SMILES string of the molecule is CC1=CC(=O)N(CC(F)(F)CO)C1=O. The first-order chi connectivity index (χ1) is 6.37. The number of imide groups is 1. The number of nitrogens with zero attached hydrogens (tertiary/aromatic N) is 1. The fraction of sp³-hybridized carbons (Fsp3) is 0.500. The van der Waals surface area contributed by atoms with Crippen LogP contribution >= 0.6 is 0 Å². The molecule has 4 nitrogen and oxygen atoms in total. The molecule has 0 spiro atoms. The number of hydrogen-bond acceptors (Lipinski definition) is 3. The number of halogens is 2. The van der Waals surface area contributed by atoms with Gasteiger partial charge in [-0.05, 0) is 6.92 Å². The Morgan fingerprint density at radius 1 is 1.50 bits per heavy atom. The van der Waals surface area contributed by atoms with E-state index in [0.717, 1.165) is 6.08 Å². The van der Waals surface area contributed by atoms with Crippen molar-refractivity contribution in [2.24, 2.45) is 0 Å². The standard InChI is InChI=1S/C8H9F2NO3/c1-5-2-6(13)11(7(5)14)3-8(9,10)4-12/h2,12H,3-4H2,1H3. The zero-order chi connectivity index (χ0) is 10.9. The molecule has 0 unspecified atom stereocenters. The van der Waals surface area contributed by atoms with Gasteiger partial charge in [-0.3, -0.25) is 14.5 Å². The summed E-state index contributed by atoms with van der Waals surface area (Å²) in [6, 6.07) is 0. The van der Waals surface area contributed by atoms with Gasteiger partial charge in [0.1, 0.15) is 6.61 Å². The molecule has 2 amide bonds. The molecule has 0 aromatic carbocycles. The molecule has 0 atom stereocenters. The van der Waals surface area contributed by atoms with Gasteiger partial charge in [-0.15, -0.1) is 0 Å². The van der Waals surface area contributed by atoms with E-state index in [1.54, 1.807) is 0 Å². The van der Waals surface area contributed by atoms with Crippen LogP contribution in [0.5, 0.6) is 0 Å². The topological polar surface area (TPSA) is 57.6 Å². The Bertz CT molecular complexity index is 312. The van der Waals surface area contributed by atoms with Gasteiger partial charge in [0.15, 0.2) is 0 Å². The Hall–Kier alpha value is -1.30. The summed E-state index contributed by atoms with van der Waals surface area (Å²) in [5, 5.41) is 8.28. The van der Waals surface area contributed by atoms with E-state index >= 15 is 0 Å². The van der Waals surface area contributed by atoms with Gasteiger partial charge in [0.05, 0.1) is 6.54 Å². The van der Waals surface area contributed by atoms with Crippen LogP contribution in [0.3, 0.4) is 0 Å². The van der Waals surface area contributed by atoms with Crippen molar-refractivity contribution in [1.29, 1.82) is 0 Å². The second-order valence-corrected chi connectivity index (χ2v) is 3.07. The molecule has 0 saturated heterocycles. The van der Waals surface area contributed by atoms with E-state index < -0.39 is 30.9 Å². The largest absolute Gasteiger partial charge is 0.390 e. The molecule has 1 N–H and O–H groups in total. The first-order valence-corrected chi connectivity index (χ1v) is 3.90. The minimum absolute atomic E-state index is 0.128. The molecule has 14 heavy (non-hydrogen) atoms. The second-order valence-electron chi connectivity index (χ2n) is 3.07. The quantitative estimate of drug-likeness (QED) is 0.656. The number of amides is 2. The highest BCUT2D eigenvalue weighted by molar-refractivity contribution is 6.15. The predicted octanol–water partition coefficient (Wildman–Crippen LogP) is -0.0709. The Kier molecular flexibility index (Phi) is 2.66. The van der Waals surface area contributed by atoms with Crippen molar-refractivity contribution >= 4 is 11.8 Å². The average Bonchev–Trinajstić information content (AvgIpc) is 2.32. The number of aliphatic hydroxyl groups is 1.